The fourth-order valence-electron chi connectivity index (χ4n) is 2.24. The van der Waals surface area contributed by atoms with Crippen LogP contribution in [0, 0.1) is 0 Å². The maximum absolute atomic E-state index is 13.0. The van der Waals surface area contributed by atoms with Crippen LogP contribution in [0.4, 0.5) is 13.2 Å². The maximum atomic E-state index is 13.0. The quantitative estimate of drug-likeness (QED) is 0.684. The average molecular weight is 473 g/mol. The molecule has 0 saturated carbocycles. The van der Waals surface area contributed by atoms with Crippen molar-refractivity contribution in [2.75, 3.05) is 7.05 Å². The van der Waals surface area contributed by atoms with Crippen molar-refractivity contribution < 1.29 is 18.0 Å². The van der Waals surface area contributed by atoms with E-state index in [1.54, 1.807) is 10.9 Å². The first kappa shape index (κ1) is 19.0. The summed E-state index contributed by atoms with van der Waals surface area (Å²) in [7, 11) is 2.64. The number of carbonyl (C=O) groups excluding carboxylic acids is 1. The molecular weight excluding hydrogens is 459 g/mol. The van der Waals surface area contributed by atoms with Gasteiger partial charge in [-0.2, -0.15) is 23.4 Å². The molecule has 0 radical (unpaired) electrons. The normalized spacial score (nSPS) is 11.8. The van der Waals surface area contributed by atoms with Gasteiger partial charge in [0, 0.05) is 20.6 Å². The molecule has 2 aromatic heterocycles. The van der Waals surface area contributed by atoms with E-state index in [9.17, 15) is 18.0 Å². The first-order chi connectivity index (χ1) is 11.1. The molecule has 2 heterocycles. The van der Waals surface area contributed by atoms with Crippen LogP contribution in [0.25, 0.3) is 0 Å². The fourth-order valence-corrected chi connectivity index (χ4v) is 3.39. The van der Waals surface area contributed by atoms with Crippen molar-refractivity contribution in [1.29, 1.82) is 0 Å². The molecule has 24 heavy (non-hydrogen) atoms. The van der Waals surface area contributed by atoms with E-state index in [1.807, 2.05) is 6.92 Å². The Morgan fingerprint density at radius 1 is 1.38 bits per heavy atom. The van der Waals surface area contributed by atoms with Gasteiger partial charge in [-0.1, -0.05) is 0 Å². The molecule has 0 N–H and O–H groups in total. The lowest BCUT2D eigenvalue weighted by Crippen LogP contribution is -2.28. The highest BCUT2D eigenvalue weighted by Crippen LogP contribution is 2.36. The van der Waals surface area contributed by atoms with E-state index in [0.717, 1.165) is 17.2 Å². The van der Waals surface area contributed by atoms with E-state index < -0.39 is 17.8 Å². The minimum Gasteiger partial charge on any atom is -0.334 e. The van der Waals surface area contributed by atoms with Gasteiger partial charge in [-0.25, -0.2) is 0 Å². The first-order valence-corrected chi connectivity index (χ1v) is 8.41. The van der Waals surface area contributed by atoms with E-state index in [0.29, 0.717) is 11.2 Å². The second kappa shape index (κ2) is 6.87. The lowest BCUT2D eigenvalue weighted by molar-refractivity contribution is -0.144. The third kappa shape index (κ3) is 3.51. The summed E-state index contributed by atoms with van der Waals surface area (Å²) in [4.78, 5) is 13.8. The predicted octanol–water partition coefficient (Wildman–Crippen LogP) is 3.45. The molecule has 6 nitrogen and oxygen atoms in total. The molecule has 11 heteroatoms. The third-order valence-electron chi connectivity index (χ3n) is 3.39. The number of amides is 1. The highest BCUT2D eigenvalue weighted by Gasteiger charge is 2.40. The summed E-state index contributed by atoms with van der Waals surface area (Å²) in [6.45, 7) is 2.68. The van der Waals surface area contributed by atoms with Crippen molar-refractivity contribution in [3.63, 3.8) is 0 Å². The van der Waals surface area contributed by atoms with Gasteiger partial charge in [0.25, 0.3) is 5.91 Å². The van der Waals surface area contributed by atoms with E-state index in [-0.39, 0.29) is 16.7 Å². The number of rotatable bonds is 4. The summed E-state index contributed by atoms with van der Waals surface area (Å²) >= 11 is 6.20. The number of alkyl halides is 3. The lowest BCUT2D eigenvalue weighted by atomic mass is 10.3. The van der Waals surface area contributed by atoms with Crippen LogP contribution < -0.4 is 0 Å². The van der Waals surface area contributed by atoms with Crippen LogP contribution in [0.5, 0.6) is 0 Å². The summed E-state index contributed by atoms with van der Waals surface area (Å²) in [6, 6.07) is 0. The Kier molecular flexibility index (Phi) is 5.43. The van der Waals surface area contributed by atoms with Crippen LogP contribution >= 0.6 is 31.9 Å². The number of hydrogen-bond acceptors (Lipinski definition) is 3. The number of nitrogens with zero attached hydrogens (tertiary/aromatic N) is 5. The van der Waals surface area contributed by atoms with Crippen molar-refractivity contribution in [3.8, 4) is 0 Å². The molecule has 0 aliphatic rings. The van der Waals surface area contributed by atoms with Crippen molar-refractivity contribution in [2.24, 2.45) is 7.05 Å². The molecule has 0 unspecified atom stereocenters. The van der Waals surface area contributed by atoms with Gasteiger partial charge in [-0.15, -0.1) is 0 Å². The van der Waals surface area contributed by atoms with Crippen molar-refractivity contribution in [3.05, 3.63) is 32.2 Å². The number of hydrogen-bond donors (Lipinski definition) is 0. The fraction of sp³-hybridized carbons (Fsp3) is 0.462. The van der Waals surface area contributed by atoms with Gasteiger partial charge in [0.2, 0.25) is 0 Å². The average Bonchev–Trinajstić information content (AvgIpc) is 2.98. The molecule has 0 aliphatic heterocycles. The topological polar surface area (TPSA) is 56.0 Å². The molecule has 0 fully saturated rings. The monoisotopic (exact) mass is 471 g/mol. The van der Waals surface area contributed by atoms with Gasteiger partial charge >= 0.3 is 6.18 Å². The second-order valence-electron chi connectivity index (χ2n) is 5.05. The van der Waals surface area contributed by atoms with Gasteiger partial charge in [0.15, 0.2) is 11.4 Å². The molecule has 1 amide bonds. The summed E-state index contributed by atoms with van der Waals surface area (Å²) in [5, 5.41) is 7.86. The zero-order valence-electron chi connectivity index (χ0n) is 13.0. The molecule has 132 valence electrons. The summed E-state index contributed by atoms with van der Waals surface area (Å²) in [5.41, 5.74) is -0.540. The van der Waals surface area contributed by atoms with E-state index in [2.05, 4.69) is 42.1 Å². The molecule has 0 bridgehead atoms. The molecular formula is C13H14Br2F3N5O. The predicted molar refractivity (Wildman–Crippen MR) is 87.3 cm³/mol. The molecule has 0 saturated heterocycles. The summed E-state index contributed by atoms with van der Waals surface area (Å²) in [5.74, 6) is -0.622. The minimum absolute atomic E-state index is 0.178. The Morgan fingerprint density at radius 3 is 2.50 bits per heavy atom. The first-order valence-electron chi connectivity index (χ1n) is 6.83. The zero-order chi connectivity index (χ0) is 18.2. The minimum atomic E-state index is -4.61. The van der Waals surface area contributed by atoms with Crippen LogP contribution in [0.15, 0.2) is 15.1 Å². The van der Waals surface area contributed by atoms with E-state index in [4.69, 9.17) is 0 Å². The highest BCUT2D eigenvalue weighted by molar-refractivity contribution is 9.10. The van der Waals surface area contributed by atoms with Crippen molar-refractivity contribution in [1.82, 2.24) is 24.5 Å². The number of halogens is 5. The zero-order valence-corrected chi connectivity index (χ0v) is 16.2. The van der Waals surface area contributed by atoms with Gasteiger partial charge in [-0.05, 0) is 38.8 Å². The van der Waals surface area contributed by atoms with Crippen molar-refractivity contribution in [2.45, 2.75) is 26.2 Å². The second-order valence-corrected chi connectivity index (χ2v) is 6.70. The summed E-state index contributed by atoms with van der Waals surface area (Å²) < 4.78 is 41.7. The van der Waals surface area contributed by atoms with Crippen LogP contribution in [0.1, 0.15) is 28.8 Å². The Hall–Kier alpha value is -1.36. The van der Waals surface area contributed by atoms with Crippen LogP contribution in [0.3, 0.4) is 0 Å². The number of aryl methyl sites for hydroxylation is 2. The SMILES string of the molecule is CCn1ncc(Br)c1CN(C)C(=O)c1nn(C)c(C(F)(F)F)c1Br. The number of carbonyl (C=O) groups is 1. The molecule has 0 aromatic carbocycles. The van der Waals surface area contributed by atoms with Crippen molar-refractivity contribution >= 4 is 37.8 Å². The van der Waals surface area contributed by atoms with Gasteiger partial charge in [0.05, 0.1) is 27.4 Å². The smallest absolute Gasteiger partial charge is 0.334 e. The lowest BCUT2D eigenvalue weighted by Gasteiger charge is -2.17. The maximum Gasteiger partial charge on any atom is 0.434 e. The van der Waals surface area contributed by atoms with Crippen LogP contribution in [0.2, 0.25) is 0 Å². The number of aromatic nitrogens is 4. The summed E-state index contributed by atoms with van der Waals surface area (Å²) in [6.07, 6.45) is -3.00. The largest absolute Gasteiger partial charge is 0.434 e. The Labute approximate surface area is 152 Å². The van der Waals surface area contributed by atoms with Gasteiger partial charge in [-0.3, -0.25) is 14.2 Å². The molecule has 2 aromatic rings. The molecule has 0 atom stereocenters. The Bertz CT molecular complexity index is 768. The van der Waals surface area contributed by atoms with E-state index in [1.165, 1.54) is 11.9 Å². The third-order valence-corrected chi connectivity index (χ3v) is 4.80. The Morgan fingerprint density at radius 2 is 2.00 bits per heavy atom. The Balaban J connectivity index is 2.31. The van der Waals surface area contributed by atoms with Gasteiger partial charge < -0.3 is 4.90 Å². The van der Waals surface area contributed by atoms with Crippen LogP contribution in [-0.4, -0.2) is 37.4 Å². The standard InChI is InChI=1S/C13H14Br2F3N5O/c1-4-23-8(7(14)5-19-23)6-21(2)12(24)10-9(15)11(13(16,17)18)22(3)20-10/h5H,4,6H2,1-3H3. The van der Waals surface area contributed by atoms with Crippen LogP contribution in [-0.2, 0) is 26.3 Å². The van der Waals surface area contributed by atoms with E-state index >= 15 is 0 Å². The molecule has 0 spiro atoms. The van der Waals surface area contributed by atoms with Gasteiger partial charge in [0.1, 0.15) is 0 Å². The highest BCUT2D eigenvalue weighted by atomic mass is 79.9. The molecule has 0 aliphatic carbocycles. The molecule has 2 rings (SSSR count).